The molecule has 12 bridgehead atoms. The van der Waals surface area contributed by atoms with Gasteiger partial charge in [-0.1, -0.05) is 242 Å². The van der Waals surface area contributed by atoms with Gasteiger partial charge in [0, 0.05) is 0 Å². The van der Waals surface area contributed by atoms with Gasteiger partial charge in [0.05, 0.1) is 32.3 Å². The predicted octanol–water partition coefficient (Wildman–Crippen LogP) is 14.0. The zero-order valence-electron chi connectivity index (χ0n) is 37.8. The van der Waals surface area contributed by atoms with E-state index in [0.717, 1.165) is 0 Å². The highest BCUT2D eigenvalue weighted by Crippen LogP contribution is 2.66. The van der Waals surface area contributed by atoms with Crippen LogP contribution in [0, 0.1) is 0 Å². The molecule has 0 unspecified atom stereocenters. The van der Waals surface area contributed by atoms with Crippen LogP contribution in [-0.2, 0) is 48.4 Å². The molecule has 308 valence electrons. The molecule has 6 heterocycles. The van der Waals surface area contributed by atoms with Gasteiger partial charge in [0.2, 0.25) is 0 Å². The maximum absolute atomic E-state index is 2.60. The Bertz CT molecular complexity index is 2090. The number of hydrogen-bond donors (Lipinski definition) is 0. The highest BCUT2D eigenvalue weighted by Gasteiger charge is 2.52. The van der Waals surface area contributed by atoms with Crippen LogP contribution in [0.1, 0.15) is 90.4 Å². The first-order valence-electron chi connectivity index (χ1n) is 23.1. The Labute approximate surface area is 367 Å². The van der Waals surface area contributed by atoms with E-state index in [1.807, 2.05) is 0 Å². The minimum atomic E-state index is -1.54. The van der Waals surface area contributed by atoms with Crippen LogP contribution in [0.15, 0.2) is 146 Å². The summed E-state index contributed by atoms with van der Waals surface area (Å²) in [6.07, 6.45) is 0. The number of hydrogen-bond acceptors (Lipinski definition) is 0. The summed E-state index contributed by atoms with van der Waals surface area (Å²) in [5, 5.41) is 0. The highest BCUT2D eigenvalue weighted by atomic mass is 28.3. The fourth-order valence-corrected chi connectivity index (χ4v) is 23.4. The van der Waals surface area contributed by atoms with Crippen LogP contribution in [0.25, 0.3) is 0 Å². The van der Waals surface area contributed by atoms with E-state index < -0.39 is 32.3 Å². The third kappa shape index (κ3) is 9.33. The summed E-state index contributed by atoms with van der Waals surface area (Å²) in [7, 11) is -6.15. The summed E-state index contributed by atoms with van der Waals surface area (Å²) in [5.74, 6) is 1.66. The lowest BCUT2D eigenvalue weighted by Crippen LogP contribution is -2.40. The Morgan fingerprint density at radius 3 is 0.633 bits per heavy atom. The average Bonchev–Trinajstić information content (AvgIpc) is 3.15. The summed E-state index contributed by atoms with van der Waals surface area (Å²) in [5.41, 5.74) is 18.3. The molecular formula is C56H68Si4. The van der Waals surface area contributed by atoms with E-state index in [1.165, 1.54) is 92.9 Å². The van der Waals surface area contributed by atoms with Crippen LogP contribution >= 0.6 is 0 Å². The van der Waals surface area contributed by atoms with Crippen molar-refractivity contribution < 1.29 is 0 Å². The molecule has 6 aromatic carbocycles. The van der Waals surface area contributed by atoms with Crippen LogP contribution in [0.2, 0.25) is 52.4 Å². The van der Waals surface area contributed by atoms with E-state index in [2.05, 4.69) is 198 Å². The summed E-state index contributed by atoms with van der Waals surface area (Å²) < 4.78 is 0. The van der Waals surface area contributed by atoms with Crippen molar-refractivity contribution in [2.75, 3.05) is 0 Å². The van der Waals surface area contributed by atoms with Crippen LogP contribution < -0.4 is 0 Å². The quantitative estimate of drug-likeness (QED) is 0.134. The molecular weight excluding hydrogens is 785 g/mol. The fraction of sp³-hybridized carbons (Fsp3) is 0.357. The minimum Gasteiger partial charge on any atom is -0.0689 e. The molecule has 6 aromatic rings. The van der Waals surface area contributed by atoms with Gasteiger partial charge in [0.1, 0.15) is 0 Å². The van der Waals surface area contributed by atoms with Crippen molar-refractivity contribution in [3.63, 3.8) is 0 Å². The largest absolute Gasteiger partial charge is 0.0689 e. The maximum atomic E-state index is 2.60. The van der Waals surface area contributed by atoms with Crippen LogP contribution in [0.5, 0.6) is 0 Å². The van der Waals surface area contributed by atoms with Gasteiger partial charge in [0.15, 0.2) is 0 Å². The Balaban J connectivity index is 1.15. The van der Waals surface area contributed by atoms with E-state index in [-0.39, 0.29) is 0 Å². The van der Waals surface area contributed by atoms with Crippen LogP contribution in [0.3, 0.4) is 0 Å². The van der Waals surface area contributed by atoms with Gasteiger partial charge >= 0.3 is 0 Å². The topological polar surface area (TPSA) is 0 Å². The summed E-state index contributed by atoms with van der Waals surface area (Å²) in [6.45, 7) is 20.8. The lowest BCUT2D eigenvalue weighted by molar-refractivity contribution is 0.229. The molecule has 7 aliphatic rings. The second-order valence-electron chi connectivity index (χ2n) is 22.8. The Morgan fingerprint density at radius 1 is 0.250 bits per heavy atom. The first kappa shape index (κ1) is 41.5. The molecule has 0 saturated heterocycles. The second-order valence-corrected chi connectivity index (χ2v) is 42.9. The second kappa shape index (κ2) is 16.1. The molecule has 1 aliphatic carbocycles. The first-order valence-corrected chi connectivity index (χ1v) is 36.7. The maximum Gasteiger partial charge on any atom is 0.0561 e. The molecule has 1 saturated carbocycles. The number of rotatable bonds is 0. The van der Waals surface area contributed by atoms with Gasteiger partial charge in [-0.3, -0.25) is 0 Å². The summed E-state index contributed by atoms with van der Waals surface area (Å²) >= 11 is 0. The standard InChI is InChI=1S/C56H68Si4/c1-57(2)33-41-15-23-49(24-16-41)53-54(50-25-17-42(18-26-50)34-58(3,4)38-46-12-9-11-45(31-46)37-57)56-52-29-21-44(22-30-52)36-60(7,8)40-48-14-10-13-47(32-48)39-59(5,6)35-43-19-27-51(28-20-43)55(53)56/h9-32,53-56H,33-40H2,1-8H3. The Hall–Kier alpha value is -3.81. The van der Waals surface area contributed by atoms with Crippen molar-refractivity contribution >= 4 is 32.3 Å². The van der Waals surface area contributed by atoms with Crippen molar-refractivity contribution in [3.8, 4) is 0 Å². The lowest BCUT2D eigenvalue weighted by atomic mass is 9.49. The van der Waals surface area contributed by atoms with E-state index in [0.29, 0.717) is 23.7 Å². The van der Waals surface area contributed by atoms with Gasteiger partial charge < -0.3 is 0 Å². The van der Waals surface area contributed by atoms with Crippen molar-refractivity contribution in [1.29, 1.82) is 0 Å². The zero-order chi connectivity index (χ0) is 41.9. The predicted molar refractivity (Wildman–Crippen MR) is 269 cm³/mol. The van der Waals surface area contributed by atoms with E-state index in [1.54, 1.807) is 22.3 Å². The summed E-state index contributed by atoms with van der Waals surface area (Å²) in [4.78, 5) is 0. The number of fused-ring (bicyclic) bond motifs is 4. The third-order valence-corrected chi connectivity index (χ3v) is 25.4. The highest BCUT2D eigenvalue weighted by molar-refractivity contribution is 6.77. The van der Waals surface area contributed by atoms with Crippen LogP contribution in [0.4, 0.5) is 0 Å². The molecule has 0 radical (unpaired) electrons. The Kier molecular flexibility index (Phi) is 11.2. The third-order valence-electron chi connectivity index (χ3n) is 14.5. The molecule has 0 nitrogen and oxygen atoms in total. The Morgan fingerprint density at radius 2 is 0.433 bits per heavy atom. The van der Waals surface area contributed by atoms with Gasteiger partial charge in [-0.15, -0.1) is 0 Å². The monoisotopic (exact) mass is 852 g/mol. The van der Waals surface area contributed by atoms with E-state index >= 15 is 0 Å². The van der Waals surface area contributed by atoms with Crippen molar-refractivity contribution in [1.82, 2.24) is 0 Å². The molecule has 0 aromatic heterocycles. The summed E-state index contributed by atoms with van der Waals surface area (Å²) in [6, 6.07) is 69.5. The van der Waals surface area contributed by atoms with Gasteiger partial charge in [-0.2, -0.15) is 0 Å². The van der Waals surface area contributed by atoms with Gasteiger partial charge in [-0.25, -0.2) is 0 Å². The van der Waals surface area contributed by atoms with Crippen LogP contribution in [-0.4, -0.2) is 32.3 Å². The van der Waals surface area contributed by atoms with Crippen molar-refractivity contribution in [2.24, 2.45) is 0 Å². The van der Waals surface area contributed by atoms with Gasteiger partial charge in [-0.05, 0) is 94.3 Å². The van der Waals surface area contributed by atoms with Crippen molar-refractivity contribution in [2.45, 2.75) is 124 Å². The smallest absolute Gasteiger partial charge is 0.0561 e. The molecule has 6 aliphatic heterocycles. The molecule has 13 rings (SSSR count). The molecule has 0 amide bonds. The lowest BCUT2D eigenvalue weighted by Gasteiger charge is -2.54. The molecule has 4 heteroatoms. The van der Waals surface area contributed by atoms with Gasteiger partial charge in [0.25, 0.3) is 0 Å². The number of benzene rings is 6. The zero-order valence-corrected chi connectivity index (χ0v) is 41.8. The van der Waals surface area contributed by atoms with Crippen molar-refractivity contribution in [3.05, 3.63) is 212 Å². The molecule has 0 spiro atoms. The van der Waals surface area contributed by atoms with E-state index in [4.69, 9.17) is 0 Å². The normalized spacial score (nSPS) is 24.0. The molecule has 0 atom stereocenters. The molecule has 60 heavy (non-hydrogen) atoms. The van der Waals surface area contributed by atoms with E-state index in [9.17, 15) is 0 Å². The fourth-order valence-electron chi connectivity index (χ4n) is 12.2. The minimum absolute atomic E-state index is 0.414. The molecule has 1 fully saturated rings. The SMILES string of the molecule is C[Si]1(C)Cc2ccc(cc2)C2C(c3ccc(cc3)C[Si](C)(C)Cc3cccc(c3)C1)C1c3ccc(cc3)C[Si](C)(C)Cc3cccc(c3)C[Si](C)(C)Cc3ccc(cc3)C21. The molecule has 0 N–H and O–H groups in total. The average molecular weight is 854 g/mol. The first-order chi connectivity index (χ1) is 28.6.